The van der Waals surface area contributed by atoms with Gasteiger partial charge in [0, 0.05) is 18.8 Å². The number of carbonyl (C=O) groups is 1. The largest absolute Gasteiger partial charge is 0.416 e. The summed E-state index contributed by atoms with van der Waals surface area (Å²) in [5.41, 5.74) is 0.925. The van der Waals surface area contributed by atoms with Crippen LogP contribution in [-0.2, 0) is 12.6 Å². The average molecular weight is 366 g/mol. The second kappa shape index (κ2) is 7.39. The molecule has 1 aliphatic rings. The van der Waals surface area contributed by atoms with E-state index in [-0.39, 0.29) is 11.4 Å². The van der Waals surface area contributed by atoms with Crippen LogP contribution in [0.25, 0.3) is 0 Å². The highest BCUT2D eigenvalue weighted by atomic mass is 19.4. The van der Waals surface area contributed by atoms with Crippen molar-refractivity contribution in [1.82, 2.24) is 10.2 Å². The van der Waals surface area contributed by atoms with Gasteiger partial charge in [0.25, 0.3) is 5.91 Å². The minimum Gasteiger partial charge on any atom is -0.370 e. The minimum atomic E-state index is -4.47. The normalized spacial score (nSPS) is 15.2. The maximum atomic E-state index is 13.1. The molecule has 5 nitrogen and oxygen atoms in total. The number of carbonyl (C=O) groups excluding carboxylic acids is 1. The number of amides is 1. The summed E-state index contributed by atoms with van der Waals surface area (Å²) in [5, 5.41) is 9.27. The molecule has 1 aliphatic heterocycles. The fraction of sp³-hybridized carbons (Fsp3) is 0.444. The number of piperidine rings is 1. The van der Waals surface area contributed by atoms with Crippen LogP contribution in [-0.4, -0.2) is 29.2 Å². The average Bonchev–Trinajstić information content (AvgIpc) is 3.11. The fourth-order valence-corrected chi connectivity index (χ4v) is 3.07. The van der Waals surface area contributed by atoms with Crippen molar-refractivity contribution < 1.29 is 18.0 Å². The Morgan fingerprint density at radius 2 is 1.96 bits per heavy atom. The summed E-state index contributed by atoms with van der Waals surface area (Å²) in [6.07, 6.45) is -0.725. The van der Waals surface area contributed by atoms with E-state index in [1.54, 1.807) is 6.07 Å². The Labute approximate surface area is 149 Å². The first-order valence-corrected chi connectivity index (χ1v) is 8.70. The summed E-state index contributed by atoms with van der Waals surface area (Å²) in [6.45, 7) is 3.43. The highest BCUT2D eigenvalue weighted by Gasteiger charge is 2.32. The molecule has 3 rings (SSSR count). The molecule has 0 aliphatic carbocycles. The lowest BCUT2D eigenvalue weighted by Gasteiger charge is -2.31. The van der Waals surface area contributed by atoms with Crippen LogP contribution in [0.4, 0.5) is 24.5 Å². The van der Waals surface area contributed by atoms with Crippen molar-refractivity contribution >= 4 is 17.3 Å². The highest BCUT2D eigenvalue weighted by molar-refractivity contribution is 6.04. The predicted octanol–water partition coefficient (Wildman–Crippen LogP) is 4.23. The van der Waals surface area contributed by atoms with E-state index in [2.05, 4.69) is 15.5 Å². The third-order valence-corrected chi connectivity index (χ3v) is 4.51. The molecule has 0 radical (unpaired) electrons. The van der Waals surface area contributed by atoms with Gasteiger partial charge in [-0.3, -0.25) is 9.89 Å². The van der Waals surface area contributed by atoms with Gasteiger partial charge in [0.15, 0.2) is 5.69 Å². The number of alkyl halides is 3. The fourth-order valence-electron chi connectivity index (χ4n) is 3.07. The van der Waals surface area contributed by atoms with Crippen LogP contribution in [0.3, 0.4) is 0 Å². The molecule has 2 aromatic rings. The number of hydrogen-bond donors (Lipinski definition) is 2. The van der Waals surface area contributed by atoms with E-state index in [4.69, 9.17) is 0 Å². The third-order valence-electron chi connectivity index (χ3n) is 4.51. The zero-order valence-electron chi connectivity index (χ0n) is 14.5. The first-order valence-electron chi connectivity index (χ1n) is 8.70. The Balaban J connectivity index is 1.91. The number of nitrogens with zero attached hydrogens (tertiary/aromatic N) is 2. The molecule has 1 saturated heterocycles. The van der Waals surface area contributed by atoms with E-state index in [1.165, 1.54) is 6.07 Å². The number of aromatic nitrogens is 2. The number of anilines is 2. The lowest BCUT2D eigenvalue weighted by atomic mass is 10.1. The van der Waals surface area contributed by atoms with Gasteiger partial charge in [-0.1, -0.05) is 6.92 Å². The van der Waals surface area contributed by atoms with Gasteiger partial charge in [-0.15, -0.1) is 0 Å². The number of halogens is 3. The van der Waals surface area contributed by atoms with Gasteiger partial charge < -0.3 is 10.2 Å². The molecule has 0 spiro atoms. The standard InChI is InChI=1S/C18H21F3N4O/c1-2-13-11-15(24-23-13)17(26)22-14-10-12(18(19,20)21)6-7-16(14)25-8-4-3-5-9-25/h6-7,10-11H,2-5,8-9H2,1H3,(H,22,26)(H,23,24). The number of hydrogen-bond acceptors (Lipinski definition) is 3. The lowest BCUT2D eigenvalue weighted by molar-refractivity contribution is -0.137. The molecule has 2 N–H and O–H groups in total. The molecule has 0 bridgehead atoms. The van der Waals surface area contributed by atoms with Gasteiger partial charge in [-0.05, 0) is 49.9 Å². The summed E-state index contributed by atoms with van der Waals surface area (Å²) >= 11 is 0. The Hall–Kier alpha value is -2.51. The molecule has 8 heteroatoms. The summed E-state index contributed by atoms with van der Waals surface area (Å²) < 4.78 is 39.3. The first kappa shape index (κ1) is 18.3. The number of nitrogens with one attached hydrogen (secondary N) is 2. The number of H-pyrrole nitrogens is 1. The number of rotatable bonds is 4. The molecule has 1 fully saturated rings. The Kier molecular flexibility index (Phi) is 5.20. The van der Waals surface area contributed by atoms with E-state index in [1.807, 2.05) is 11.8 Å². The molecular formula is C18H21F3N4O. The summed E-state index contributed by atoms with van der Waals surface area (Å²) in [6, 6.07) is 5.09. The molecule has 26 heavy (non-hydrogen) atoms. The zero-order chi connectivity index (χ0) is 18.7. The van der Waals surface area contributed by atoms with Gasteiger partial charge in [-0.25, -0.2) is 0 Å². The minimum absolute atomic E-state index is 0.156. The van der Waals surface area contributed by atoms with E-state index >= 15 is 0 Å². The topological polar surface area (TPSA) is 61.0 Å². The van der Waals surface area contributed by atoms with Crippen molar-refractivity contribution in [3.05, 3.63) is 41.2 Å². The summed E-state index contributed by atoms with van der Waals surface area (Å²) in [5.74, 6) is -0.529. The maximum absolute atomic E-state index is 13.1. The van der Waals surface area contributed by atoms with E-state index in [0.717, 1.165) is 50.2 Å². The quantitative estimate of drug-likeness (QED) is 0.851. The van der Waals surface area contributed by atoms with Gasteiger partial charge in [0.05, 0.1) is 16.9 Å². The summed E-state index contributed by atoms with van der Waals surface area (Å²) in [7, 11) is 0. The van der Waals surface area contributed by atoms with Crippen LogP contribution in [0.1, 0.15) is 47.9 Å². The Morgan fingerprint density at radius 1 is 1.23 bits per heavy atom. The second-order valence-electron chi connectivity index (χ2n) is 6.36. The van der Waals surface area contributed by atoms with Crippen molar-refractivity contribution in [2.45, 2.75) is 38.8 Å². The first-order chi connectivity index (χ1) is 12.4. The molecule has 1 aromatic heterocycles. The van der Waals surface area contributed by atoms with E-state index in [9.17, 15) is 18.0 Å². The Bertz CT molecular complexity index is 779. The van der Waals surface area contributed by atoms with Gasteiger partial charge in [0.1, 0.15) is 0 Å². The molecule has 1 amide bonds. The van der Waals surface area contributed by atoms with Gasteiger partial charge in [0.2, 0.25) is 0 Å². The van der Waals surface area contributed by atoms with Gasteiger partial charge >= 0.3 is 6.18 Å². The van der Waals surface area contributed by atoms with Crippen LogP contribution in [0.15, 0.2) is 24.3 Å². The van der Waals surface area contributed by atoms with Crippen LogP contribution in [0.5, 0.6) is 0 Å². The van der Waals surface area contributed by atoms with Crippen molar-refractivity contribution in [2.24, 2.45) is 0 Å². The van der Waals surface area contributed by atoms with Crippen LogP contribution in [0, 0.1) is 0 Å². The van der Waals surface area contributed by atoms with Crippen molar-refractivity contribution in [3.63, 3.8) is 0 Å². The zero-order valence-corrected chi connectivity index (χ0v) is 14.5. The molecule has 0 atom stereocenters. The van der Waals surface area contributed by atoms with Crippen LogP contribution < -0.4 is 10.2 Å². The number of benzene rings is 1. The van der Waals surface area contributed by atoms with Crippen molar-refractivity contribution in [1.29, 1.82) is 0 Å². The third kappa shape index (κ3) is 4.00. The van der Waals surface area contributed by atoms with E-state index in [0.29, 0.717) is 12.1 Å². The lowest BCUT2D eigenvalue weighted by Crippen LogP contribution is -2.30. The molecular weight excluding hydrogens is 345 g/mol. The van der Waals surface area contributed by atoms with Crippen molar-refractivity contribution in [2.75, 3.05) is 23.3 Å². The molecule has 0 saturated carbocycles. The highest BCUT2D eigenvalue weighted by Crippen LogP contribution is 2.36. The van der Waals surface area contributed by atoms with Gasteiger partial charge in [-0.2, -0.15) is 18.3 Å². The van der Waals surface area contributed by atoms with E-state index < -0.39 is 17.6 Å². The number of aryl methyl sites for hydroxylation is 1. The molecule has 140 valence electrons. The predicted molar refractivity (Wildman–Crippen MR) is 93.4 cm³/mol. The maximum Gasteiger partial charge on any atom is 0.416 e. The second-order valence-corrected chi connectivity index (χ2v) is 6.36. The smallest absolute Gasteiger partial charge is 0.370 e. The Morgan fingerprint density at radius 3 is 2.58 bits per heavy atom. The monoisotopic (exact) mass is 366 g/mol. The SMILES string of the molecule is CCc1cc(C(=O)Nc2cc(C(F)(F)F)ccc2N2CCCCC2)n[nH]1. The number of aromatic amines is 1. The molecule has 2 heterocycles. The van der Waals surface area contributed by atoms with Crippen LogP contribution >= 0.6 is 0 Å². The summed E-state index contributed by atoms with van der Waals surface area (Å²) in [4.78, 5) is 14.5. The van der Waals surface area contributed by atoms with Crippen molar-refractivity contribution in [3.8, 4) is 0 Å². The molecule has 0 unspecified atom stereocenters. The van der Waals surface area contributed by atoms with Crippen LogP contribution in [0.2, 0.25) is 0 Å². The molecule has 1 aromatic carbocycles.